The molecule has 2 aromatic rings. The smallest absolute Gasteiger partial charge is 0.270 e. The molecule has 1 aromatic heterocycles. The van der Waals surface area contributed by atoms with Crippen LogP contribution in [0.2, 0.25) is 5.02 Å². The normalized spacial score (nSPS) is 17.2. The molecular formula is C19H20ClN3O. The maximum atomic E-state index is 12.4. The second-order valence-electron chi connectivity index (χ2n) is 6.06. The maximum absolute atomic E-state index is 12.4. The van der Waals surface area contributed by atoms with Gasteiger partial charge >= 0.3 is 0 Å². The molecule has 0 radical (unpaired) electrons. The second-order valence-corrected chi connectivity index (χ2v) is 6.50. The van der Waals surface area contributed by atoms with Crippen molar-refractivity contribution in [1.82, 2.24) is 10.3 Å². The molecule has 0 bridgehead atoms. The van der Waals surface area contributed by atoms with Gasteiger partial charge in [0, 0.05) is 28.0 Å². The average Bonchev–Trinajstić information content (AvgIpc) is 2.57. The highest BCUT2D eigenvalue weighted by Gasteiger charge is 2.19. The highest BCUT2D eigenvalue weighted by molar-refractivity contribution is 6.30. The molecule has 0 fully saturated rings. The van der Waals surface area contributed by atoms with Crippen LogP contribution in [-0.2, 0) is 0 Å². The summed E-state index contributed by atoms with van der Waals surface area (Å²) in [5, 5.41) is 3.71. The first-order chi connectivity index (χ1) is 11.5. The molecule has 1 aliphatic rings. The fourth-order valence-corrected chi connectivity index (χ4v) is 3.15. The summed E-state index contributed by atoms with van der Waals surface area (Å²) < 4.78 is 0. The summed E-state index contributed by atoms with van der Waals surface area (Å²) in [6.07, 6.45) is 4.91. The van der Waals surface area contributed by atoms with Crippen LogP contribution in [0.5, 0.6) is 0 Å². The van der Waals surface area contributed by atoms with E-state index in [0.29, 0.717) is 16.4 Å². The van der Waals surface area contributed by atoms with Crippen LogP contribution in [0.4, 0.5) is 5.69 Å². The quantitative estimate of drug-likeness (QED) is 0.829. The van der Waals surface area contributed by atoms with E-state index in [1.54, 1.807) is 12.1 Å². The van der Waals surface area contributed by atoms with Crippen molar-refractivity contribution in [3.05, 3.63) is 64.4 Å². The molecule has 1 amide bonds. The van der Waals surface area contributed by atoms with Crippen molar-refractivity contribution in [2.75, 3.05) is 5.73 Å². The Labute approximate surface area is 146 Å². The Bertz CT molecular complexity index is 801. The Balaban J connectivity index is 1.79. The molecule has 0 saturated carbocycles. The third kappa shape index (κ3) is 3.77. The van der Waals surface area contributed by atoms with E-state index in [4.69, 9.17) is 17.3 Å². The van der Waals surface area contributed by atoms with E-state index in [1.807, 2.05) is 31.2 Å². The number of aromatic nitrogens is 1. The summed E-state index contributed by atoms with van der Waals surface area (Å²) in [7, 11) is 0. The van der Waals surface area contributed by atoms with E-state index < -0.39 is 0 Å². The Morgan fingerprint density at radius 2 is 2.17 bits per heavy atom. The van der Waals surface area contributed by atoms with E-state index in [2.05, 4.69) is 16.4 Å². The van der Waals surface area contributed by atoms with Gasteiger partial charge in [0.1, 0.15) is 5.69 Å². The lowest BCUT2D eigenvalue weighted by Crippen LogP contribution is -2.35. The van der Waals surface area contributed by atoms with E-state index in [0.717, 1.165) is 36.1 Å². The zero-order chi connectivity index (χ0) is 17.1. The molecule has 1 aliphatic carbocycles. The van der Waals surface area contributed by atoms with Crippen molar-refractivity contribution < 1.29 is 4.79 Å². The number of anilines is 1. The number of pyridine rings is 1. The summed E-state index contributed by atoms with van der Waals surface area (Å²) >= 11 is 6.09. The average molecular weight is 342 g/mol. The molecule has 1 aromatic carbocycles. The Morgan fingerprint density at radius 1 is 1.33 bits per heavy atom. The fraction of sp³-hybridized carbons (Fsp3) is 0.263. The summed E-state index contributed by atoms with van der Waals surface area (Å²) in [5.41, 5.74) is 10.1. The number of halogens is 1. The third-order valence-corrected chi connectivity index (χ3v) is 4.40. The summed E-state index contributed by atoms with van der Waals surface area (Å²) in [6.45, 7) is 1.87. The Hall–Kier alpha value is -2.33. The van der Waals surface area contributed by atoms with Crippen LogP contribution < -0.4 is 11.1 Å². The number of hydrogen-bond acceptors (Lipinski definition) is 3. The summed E-state index contributed by atoms with van der Waals surface area (Å²) in [4.78, 5) is 16.7. The predicted molar refractivity (Wildman–Crippen MR) is 97.9 cm³/mol. The monoisotopic (exact) mass is 341 g/mol. The van der Waals surface area contributed by atoms with Crippen molar-refractivity contribution in [1.29, 1.82) is 0 Å². The largest absolute Gasteiger partial charge is 0.398 e. The molecule has 124 valence electrons. The van der Waals surface area contributed by atoms with E-state index in [-0.39, 0.29) is 11.9 Å². The first-order valence-electron chi connectivity index (χ1n) is 8.03. The number of nitrogens with one attached hydrogen (secondary N) is 1. The Kier molecular flexibility index (Phi) is 4.86. The molecule has 0 saturated heterocycles. The molecule has 3 N–H and O–H groups in total. The number of nitrogens with two attached hydrogens (primary N) is 1. The molecule has 5 heteroatoms. The number of nitrogen functional groups attached to an aromatic ring is 1. The minimum atomic E-state index is -0.153. The molecular weight excluding hydrogens is 322 g/mol. The lowest BCUT2D eigenvalue weighted by molar-refractivity contribution is 0.0937. The first kappa shape index (κ1) is 16.5. The van der Waals surface area contributed by atoms with Crippen molar-refractivity contribution in [3.8, 4) is 0 Å². The number of aryl methyl sites for hydroxylation is 1. The molecule has 0 aliphatic heterocycles. The topological polar surface area (TPSA) is 68.0 Å². The number of nitrogens with zero attached hydrogens (tertiary/aromatic N) is 1. The van der Waals surface area contributed by atoms with Crippen LogP contribution in [0.25, 0.3) is 5.57 Å². The van der Waals surface area contributed by atoms with Gasteiger partial charge in [0.05, 0.1) is 0 Å². The minimum absolute atomic E-state index is 0.0260. The van der Waals surface area contributed by atoms with Gasteiger partial charge < -0.3 is 11.1 Å². The number of rotatable bonds is 3. The van der Waals surface area contributed by atoms with Gasteiger partial charge in [0.15, 0.2) is 0 Å². The molecule has 4 nitrogen and oxygen atoms in total. The van der Waals surface area contributed by atoms with Gasteiger partial charge in [-0.3, -0.25) is 4.79 Å². The SMILES string of the molecule is Cc1cccc(C(=O)NC2C=C(c3cc(Cl)ccc3N)CCC2)n1. The molecule has 0 spiro atoms. The summed E-state index contributed by atoms with van der Waals surface area (Å²) in [6, 6.07) is 10.9. The fourth-order valence-electron chi connectivity index (χ4n) is 2.98. The second kappa shape index (κ2) is 7.05. The lowest BCUT2D eigenvalue weighted by atomic mass is 9.90. The zero-order valence-corrected chi connectivity index (χ0v) is 14.3. The van der Waals surface area contributed by atoms with Gasteiger partial charge in [0.25, 0.3) is 5.91 Å². The van der Waals surface area contributed by atoms with Crippen molar-refractivity contribution >= 4 is 28.8 Å². The lowest BCUT2D eigenvalue weighted by Gasteiger charge is -2.23. The van der Waals surface area contributed by atoms with Crippen molar-refractivity contribution in [2.45, 2.75) is 32.2 Å². The minimum Gasteiger partial charge on any atom is -0.398 e. The molecule has 1 unspecified atom stereocenters. The van der Waals surface area contributed by atoms with Gasteiger partial charge in [0.2, 0.25) is 0 Å². The number of allylic oxidation sites excluding steroid dienone is 1. The number of hydrogen-bond donors (Lipinski definition) is 2. The van der Waals surface area contributed by atoms with E-state index in [1.165, 1.54) is 0 Å². The van der Waals surface area contributed by atoms with Crippen molar-refractivity contribution in [2.24, 2.45) is 0 Å². The van der Waals surface area contributed by atoms with Gasteiger partial charge in [-0.1, -0.05) is 23.7 Å². The van der Waals surface area contributed by atoms with Crippen LogP contribution in [0.1, 0.15) is 41.0 Å². The molecule has 3 rings (SSSR count). The number of carbonyl (C=O) groups excluding carboxylic acids is 1. The van der Waals surface area contributed by atoms with Gasteiger partial charge in [-0.25, -0.2) is 4.98 Å². The summed E-state index contributed by atoms with van der Waals surface area (Å²) in [5.74, 6) is -0.153. The maximum Gasteiger partial charge on any atom is 0.270 e. The standard InChI is InChI=1S/C19H20ClN3O/c1-12-4-2-7-18(22-12)19(24)23-15-6-3-5-13(10-15)16-11-14(20)8-9-17(16)21/h2,4,7-11,15H,3,5-6,21H2,1H3,(H,23,24). The van der Waals surface area contributed by atoms with Crippen LogP contribution in [0.15, 0.2) is 42.5 Å². The highest BCUT2D eigenvalue weighted by Crippen LogP contribution is 2.32. The number of carbonyl (C=O) groups is 1. The predicted octanol–water partition coefficient (Wildman–Crippen LogP) is 3.99. The van der Waals surface area contributed by atoms with E-state index >= 15 is 0 Å². The molecule has 1 heterocycles. The first-order valence-corrected chi connectivity index (χ1v) is 8.41. The van der Waals surface area contributed by atoms with Gasteiger partial charge in [-0.05, 0) is 62.1 Å². The van der Waals surface area contributed by atoms with Crippen LogP contribution in [0.3, 0.4) is 0 Å². The van der Waals surface area contributed by atoms with Gasteiger partial charge in [-0.15, -0.1) is 0 Å². The van der Waals surface area contributed by atoms with Crippen molar-refractivity contribution in [3.63, 3.8) is 0 Å². The van der Waals surface area contributed by atoms with Crippen LogP contribution in [0, 0.1) is 6.92 Å². The number of benzene rings is 1. The highest BCUT2D eigenvalue weighted by atomic mass is 35.5. The molecule has 1 atom stereocenters. The molecule has 24 heavy (non-hydrogen) atoms. The number of amides is 1. The van der Waals surface area contributed by atoms with Crippen LogP contribution in [-0.4, -0.2) is 16.9 Å². The Morgan fingerprint density at radius 3 is 2.96 bits per heavy atom. The zero-order valence-electron chi connectivity index (χ0n) is 13.6. The van der Waals surface area contributed by atoms with Crippen LogP contribution >= 0.6 is 11.6 Å². The van der Waals surface area contributed by atoms with Gasteiger partial charge in [-0.2, -0.15) is 0 Å². The van der Waals surface area contributed by atoms with E-state index in [9.17, 15) is 4.79 Å². The third-order valence-electron chi connectivity index (χ3n) is 4.16.